The van der Waals surface area contributed by atoms with Gasteiger partial charge in [0.05, 0.1) is 4.90 Å². The molecule has 0 aromatic heterocycles. The first kappa shape index (κ1) is 17.5. The summed E-state index contributed by atoms with van der Waals surface area (Å²) in [5.41, 5.74) is 1.68. The Morgan fingerprint density at radius 1 is 0.917 bits per heavy atom. The van der Waals surface area contributed by atoms with Gasteiger partial charge in [-0.2, -0.15) is 4.31 Å². The molecule has 0 radical (unpaired) electrons. The fraction of sp³-hybridized carbons (Fsp3) is 0.294. The lowest BCUT2D eigenvalue weighted by molar-refractivity contribution is 0.384. The van der Waals surface area contributed by atoms with Crippen LogP contribution in [0.2, 0.25) is 10.0 Å². The van der Waals surface area contributed by atoms with E-state index >= 15 is 0 Å². The number of halogens is 2. The van der Waals surface area contributed by atoms with Crippen molar-refractivity contribution in [2.24, 2.45) is 0 Å². The van der Waals surface area contributed by atoms with Crippen LogP contribution in [0.5, 0.6) is 0 Å². The molecule has 0 spiro atoms. The number of nitrogens with zero attached hydrogens (tertiary/aromatic N) is 2. The Kier molecular flexibility index (Phi) is 5.06. The summed E-state index contributed by atoms with van der Waals surface area (Å²) in [5, 5.41) is 1.15. The number of rotatable bonds is 3. The molecule has 2 aromatic carbocycles. The van der Waals surface area contributed by atoms with Crippen LogP contribution in [0.1, 0.15) is 5.56 Å². The van der Waals surface area contributed by atoms with Gasteiger partial charge in [0, 0.05) is 41.9 Å². The monoisotopic (exact) mass is 384 g/mol. The number of piperazine rings is 1. The van der Waals surface area contributed by atoms with Gasteiger partial charge in [0.15, 0.2) is 0 Å². The third-order valence-electron chi connectivity index (χ3n) is 4.16. The summed E-state index contributed by atoms with van der Waals surface area (Å²) in [6, 6.07) is 12.5. The van der Waals surface area contributed by atoms with E-state index in [9.17, 15) is 8.42 Å². The van der Waals surface area contributed by atoms with Crippen LogP contribution in [0.15, 0.2) is 47.4 Å². The van der Waals surface area contributed by atoms with Crippen LogP contribution in [-0.2, 0) is 10.0 Å². The fourth-order valence-corrected chi connectivity index (χ4v) is 5.06. The van der Waals surface area contributed by atoms with Crippen LogP contribution >= 0.6 is 23.2 Å². The van der Waals surface area contributed by atoms with E-state index in [0.717, 1.165) is 11.3 Å². The minimum absolute atomic E-state index is 0.379. The van der Waals surface area contributed by atoms with Crippen molar-refractivity contribution in [2.45, 2.75) is 11.8 Å². The number of hydrogen-bond donors (Lipinski definition) is 0. The third-order valence-corrected chi connectivity index (χ3v) is 6.66. The highest BCUT2D eigenvalue weighted by Gasteiger charge is 2.29. The predicted molar refractivity (Wildman–Crippen MR) is 98.6 cm³/mol. The van der Waals surface area contributed by atoms with Crippen LogP contribution in [-0.4, -0.2) is 38.9 Å². The maximum atomic E-state index is 12.8. The van der Waals surface area contributed by atoms with Crippen molar-refractivity contribution in [1.29, 1.82) is 0 Å². The highest BCUT2D eigenvalue weighted by atomic mass is 35.5. The number of benzene rings is 2. The molecule has 0 N–H and O–H groups in total. The largest absolute Gasteiger partial charge is 0.369 e. The van der Waals surface area contributed by atoms with E-state index < -0.39 is 10.0 Å². The zero-order valence-electron chi connectivity index (χ0n) is 13.2. The molecule has 0 amide bonds. The Hall–Kier alpha value is -1.27. The van der Waals surface area contributed by atoms with Crippen LogP contribution < -0.4 is 4.90 Å². The fourth-order valence-electron chi connectivity index (χ4n) is 2.89. The second kappa shape index (κ2) is 6.92. The molecule has 3 rings (SSSR count). The average Bonchev–Trinajstić information content (AvgIpc) is 2.54. The van der Waals surface area contributed by atoms with Crippen LogP contribution in [0, 0.1) is 6.92 Å². The van der Waals surface area contributed by atoms with E-state index in [0.29, 0.717) is 41.1 Å². The topological polar surface area (TPSA) is 40.6 Å². The van der Waals surface area contributed by atoms with Crippen molar-refractivity contribution in [2.75, 3.05) is 31.1 Å². The summed E-state index contributed by atoms with van der Waals surface area (Å²) in [6.45, 7) is 3.88. The van der Waals surface area contributed by atoms with E-state index in [-0.39, 0.29) is 0 Å². The van der Waals surface area contributed by atoms with Crippen LogP contribution in [0.3, 0.4) is 0 Å². The minimum atomic E-state index is -3.46. The first-order valence-corrected chi connectivity index (χ1v) is 9.84. The molecule has 128 valence electrons. The van der Waals surface area contributed by atoms with Crippen molar-refractivity contribution in [1.82, 2.24) is 4.31 Å². The molecular formula is C17H18Cl2N2O2S. The third kappa shape index (κ3) is 3.54. The van der Waals surface area contributed by atoms with Gasteiger partial charge < -0.3 is 4.90 Å². The molecule has 0 aliphatic carbocycles. The van der Waals surface area contributed by atoms with Crippen molar-refractivity contribution in [3.05, 3.63) is 58.1 Å². The highest BCUT2D eigenvalue weighted by molar-refractivity contribution is 7.89. The van der Waals surface area contributed by atoms with Crippen molar-refractivity contribution in [3.63, 3.8) is 0 Å². The Balaban J connectivity index is 1.76. The maximum absolute atomic E-state index is 12.8. The molecule has 0 bridgehead atoms. The van der Waals surface area contributed by atoms with Crippen molar-refractivity contribution in [3.8, 4) is 0 Å². The van der Waals surface area contributed by atoms with Gasteiger partial charge in [-0.25, -0.2) is 8.42 Å². The first-order valence-electron chi connectivity index (χ1n) is 7.65. The van der Waals surface area contributed by atoms with Gasteiger partial charge in [-0.15, -0.1) is 0 Å². The molecule has 24 heavy (non-hydrogen) atoms. The summed E-state index contributed by atoms with van der Waals surface area (Å²) in [4.78, 5) is 2.48. The standard InChI is InChI=1S/C17H18Cl2N2O2S/c1-13-4-2-3-5-17(13)24(22,23)21-8-6-20(7-9-21)16-11-14(18)10-15(19)12-16/h2-5,10-12H,6-9H2,1H3. The molecule has 1 aliphatic rings. The quantitative estimate of drug-likeness (QED) is 0.807. The van der Waals surface area contributed by atoms with E-state index in [4.69, 9.17) is 23.2 Å². The lowest BCUT2D eigenvalue weighted by Crippen LogP contribution is -2.48. The Bertz CT molecular complexity index is 827. The van der Waals surface area contributed by atoms with Crippen LogP contribution in [0.25, 0.3) is 0 Å². The Morgan fingerprint density at radius 2 is 1.50 bits per heavy atom. The number of anilines is 1. The second-order valence-electron chi connectivity index (χ2n) is 5.78. The zero-order valence-corrected chi connectivity index (χ0v) is 15.6. The van der Waals surface area contributed by atoms with Crippen LogP contribution in [0.4, 0.5) is 5.69 Å². The lowest BCUT2D eigenvalue weighted by Gasteiger charge is -2.35. The summed E-state index contributed by atoms with van der Waals surface area (Å²) in [6.07, 6.45) is 0. The molecule has 1 fully saturated rings. The normalized spacial score (nSPS) is 16.4. The van der Waals surface area contributed by atoms with Gasteiger partial charge in [0.2, 0.25) is 10.0 Å². The SMILES string of the molecule is Cc1ccccc1S(=O)(=O)N1CCN(c2cc(Cl)cc(Cl)c2)CC1. The minimum Gasteiger partial charge on any atom is -0.369 e. The van der Waals surface area contributed by atoms with E-state index in [1.54, 1.807) is 18.2 Å². The molecule has 1 saturated heterocycles. The number of sulfonamides is 1. The molecule has 0 atom stereocenters. The molecule has 7 heteroatoms. The van der Waals surface area contributed by atoms with Crippen molar-refractivity contribution >= 4 is 38.9 Å². The molecule has 1 heterocycles. The van der Waals surface area contributed by atoms with Gasteiger partial charge in [-0.1, -0.05) is 41.4 Å². The summed E-state index contributed by atoms with van der Waals surface area (Å²) in [7, 11) is -3.46. The Labute approximate surface area is 152 Å². The first-order chi connectivity index (χ1) is 11.4. The number of aryl methyl sites for hydroxylation is 1. The van der Waals surface area contributed by atoms with E-state index in [1.165, 1.54) is 4.31 Å². The smallest absolute Gasteiger partial charge is 0.243 e. The summed E-state index contributed by atoms with van der Waals surface area (Å²) >= 11 is 12.1. The van der Waals surface area contributed by atoms with Crippen molar-refractivity contribution < 1.29 is 8.42 Å². The summed E-state index contributed by atoms with van der Waals surface area (Å²) in [5.74, 6) is 0. The lowest BCUT2D eigenvalue weighted by atomic mass is 10.2. The van der Waals surface area contributed by atoms with Gasteiger partial charge >= 0.3 is 0 Å². The zero-order chi connectivity index (χ0) is 17.3. The molecule has 0 saturated carbocycles. The Morgan fingerprint density at radius 3 is 2.08 bits per heavy atom. The molecule has 2 aromatic rings. The molecular weight excluding hydrogens is 367 g/mol. The predicted octanol–water partition coefficient (Wildman–Crippen LogP) is 3.81. The molecule has 0 unspecified atom stereocenters. The van der Waals surface area contributed by atoms with Gasteiger partial charge in [0.1, 0.15) is 0 Å². The van der Waals surface area contributed by atoms with E-state index in [1.807, 2.05) is 31.2 Å². The average molecular weight is 385 g/mol. The van der Waals surface area contributed by atoms with Gasteiger partial charge in [-0.05, 0) is 36.8 Å². The molecule has 4 nitrogen and oxygen atoms in total. The van der Waals surface area contributed by atoms with E-state index in [2.05, 4.69) is 4.90 Å². The van der Waals surface area contributed by atoms with Gasteiger partial charge in [0.25, 0.3) is 0 Å². The van der Waals surface area contributed by atoms with Gasteiger partial charge in [-0.3, -0.25) is 0 Å². The second-order valence-corrected chi connectivity index (χ2v) is 8.56. The maximum Gasteiger partial charge on any atom is 0.243 e. The summed E-state index contributed by atoms with van der Waals surface area (Å²) < 4.78 is 27.2. The highest BCUT2D eigenvalue weighted by Crippen LogP contribution is 2.27. The number of hydrogen-bond acceptors (Lipinski definition) is 3. The molecule has 1 aliphatic heterocycles.